The van der Waals surface area contributed by atoms with E-state index in [1.165, 1.54) is 41.2 Å². The van der Waals surface area contributed by atoms with Gasteiger partial charge in [0.2, 0.25) is 5.91 Å². The largest absolute Gasteiger partial charge is 0.366 e. The SMILES string of the molecule is CCCCCc1ccc2c3c(C(N)=O)cccc3n(Cc3cccc4ccccc34)c2c1. The standard InChI is InChI=1S/C29H28N2O/c1-2-3-4-9-20-16-17-24-27(18-20)31(26-15-8-14-25(28(24)26)29(30)32)19-22-12-7-11-21-10-5-6-13-23(21)22/h5-8,10-18H,2-4,9,19H2,1H3,(H2,30,32). The second-order valence-corrected chi connectivity index (χ2v) is 8.60. The van der Waals surface area contributed by atoms with E-state index in [-0.39, 0.29) is 5.91 Å². The molecule has 0 fully saturated rings. The lowest BCUT2D eigenvalue weighted by molar-refractivity contribution is 0.100. The van der Waals surface area contributed by atoms with Gasteiger partial charge in [-0.15, -0.1) is 0 Å². The van der Waals surface area contributed by atoms with Gasteiger partial charge in [0.15, 0.2) is 0 Å². The van der Waals surface area contributed by atoms with Crippen molar-refractivity contribution in [1.82, 2.24) is 4.57 Å². The van der Waals surface area contributed by atoms with Gasteiger partial charge in [-0.05, 0) is 52.9 Å². The maximum atomic E-state index is 12.3. The predicted octanol–water partition coefficient (Wildman–Crippen LogP) is 6.83. The number of primary amides is 1. The zero-order valence-corrected chi connectivity index (χ0v) is 18.5. The number of amides is 1. The average Bonchev–Trinajstić information content (AvgIpc) is 3.12. The summed E-state index contributed by atoms with van der Waals surface area (Å²) in [5.74, 6) is -0.383. The smallest absolute Gasteiger partial charge is 0.249 e. The van der Waals surface area contributed by atoms with Crippen LogP contribution in [0.4, 0.5) is 0 Å². The van der Waals surface area contributed by atoms with E-state index in [0.717, 1.165) is 34.8 Å². The lowest BCUT2D eigenvalue weighted by Gasteiger charge is -2.12. The molecule has 0 radical (unpaired) electrons. The topological polar surface area (TPSA) is 48.0 Å². The van der Waals surface area contributed by atoms with Crippen LogP contribution in [0.1, 0.15) is 47.7 Å². The molecule has 0 unspecified atom stereocenters. The van der Waals surface area contributed by atoms with E-state index in [0.29, 0.717) is 5.56 Å². The predicted molar refractivity (Wildman–Crippen MR) is 134 cm³/mol. The van der Waals surface area contributed by atoms with Crippen LogP contribution in [0.3, 0.4) is 0 Å². The number of nitrogens with zero attached hydrogens (tertiary/aromatic N) is 1. The zero-order valence-electron chi connectivity index (χ0n) is 18.5. The minimum absolute atomic E-state index is 0.383. The highest BCUT2D eigenvalue weighted by atomic mass is 16.1. The number of hydrogen-bond donors (Lipinski definition) is 1. The zero-order chi connectivity index (χ0) is 22.1. The van der Waals surface area contributed by atoms with Crippen molar-refractivity contribution in [2.75, 3.05) is 0 Å². The number of carbonyl (C=O) groups excluding carboxylic acids is 1. The number of fused-ring (bicyclic) bond motifs is 4. The fourth-order valence-corrected chi connectivity index (χ4v) is 4.90. The van der Waals surface area contributed by atoms with Crippen molar-refractivity contribution in [3.63, 3.8) is 0 Å². The minimum Gasteiger partial charge on any atom is -0.366 e. The Morgan fingerprint density at radius 1 is 0.844 bits per heavy atom. The van der Waals surface area contributed by atoms with Crippen molar-refractivity contribution in [3.05, 3.63) is 95.6 Å². The summed E-state index contributed by atoms with van der Waals surface area (Å²) < 4.78 is 2.35. The van der Waals surface area contributed by atoms with Gasteiger partial charge >= 0.3 is 0 Å². The molecule has 160 valence electrons. The van der Waals surface area contributed by atoms with Gasteiger partial charge < -0.3 is 10.3 Å². The van der Waals surface area contributed by atoms with Gasteiger partial charge in [-0.2, -0.15) is 0 Å². The Balaban J connectivity index is 1.73. The molecule has 4 aromatic carbocycles. The summed E-state index contributed by atoms with van der Waals surface area (Å²) in [4.78, 5) is 12.3. The van der Waals surface area contributed by atoms with Gasteiger partial charge in [0.05, 0.1) is 5.52 Å². The second kappa shape index (κ2) is 8.51. The highest BCUT2D eigenvalue weighted by Gasteiger charge is 2.17. The Labute approximate surface area is 188 Å². The van der Waals surface area contributed by atoms with Crippen LogP contribution in [-0.2, 0) is 13.0 Å². The van der Waals surface area contributed by atoms with E-state index >= 15 is 0 Å². The van der Waals surface area contributed by atoms with Crippen LogP contribution in [0.5, 0.6) is 0 Å². The molecule has 0 aliphatic heterocycles. The number of benzene rings is 4. The molecule has 0 saturated heterocycles. The first-order chi connectivity index (χ1) is 15.7. The first-order valence-electron chi connectivity index (χ1n) is 11.5. The molecule has 5 aromatic rings. The number of unbranched alkanes of at least 4 members (excludes halogenated alkanes) is 2. The van der Waals surface area contributed by atoms with E-state index in [9.17, 15) is 4.79 Å². The summed E-state index contributed by atoms with van der Waals surface area (Å²) in [6.45, 7) is 2.97. The third kappa shape index (κ3) is 3.54. The van der Waals surface area contributed by atoms with Crippen molar-refractivity contribution in [2.45, 2.75) is 39.2 Å². The molecule has 0 aliphatic carbocycles. The normalized spacial score (nSPS) is 11.5. The Hall–Kier alpha value is -3.59. The fraction of sp³-hybridized carbons (Fsp3) is 0.207. The van der Waals surface area contributed by atoms with Crippen LogP contribution < -0.4 is 5.73 Å². The first-order valence-corrected chi connectivity index (χ1v) is 11.5. The lowest BCUT2D eigenvalue weighted by Crippen LogP contribution is -2.11. The Kier molecular flexibility index (Phi) is 5.40. The molecule has 5 rings (SSSR count). The summed E-state index contributed by atoms with van der Waals surface area (Å²) >= 11 is 0. The first kappa shape index (κ1) is 20.3. The van der Waals surface area contributed by atoms with Crippen LogP contribution in [0, 0.1) is 0 Å². The van der Waals surface area contributed by atoms with Crippen LogP contribution in [0.25, 0.3) is 32.6 Å². The average molecular weight is 421 g/mol. The summed E-state index contributed by atoms with van der Waals surface area (Å²) in [7, 11) is 0. The third-order valence-electron chi connectivity index (χ3n) is 6.50. The van der Waals surface area contributed by atoms with Gasteiger partial charge in [0, 0.05) is 28.4 Å². The van der Waals surface area contributed by atoms with Crippen molar-refractivity contribution in [3.8, 4) is 0 Å². The molecule has 0 aliphatic rings. The van der Waals surface area contributed by atoms with Gasteiger partial charge in [0.1, 0.15) is 0 Å². The highest BCUT2D eigenvalue weighted by molar-refractivity contribution is 6.18. The van der Waals surface area contributed by atoms with Crippen LogP contribution >= 0.6 is 0 Å². The molecular weight excluding hydrogens is 392 g/mol. The maximum Gasteiger partial charge on any atom is 0.249 e. The summed E-state index contributed by atoms with van der Waals surface area (Å²) in [5.41, 5.74) is 11.2. The number of aromatic nitrogens is 1. The van der Waals surface area contributed by atoms with Crippen molar-refractivity contribution in [1.29, 1.82) is 0 Å². The maximum absolute atomic E-state index is 12.3. The number of hydrogen-bond acceptors (Lipinski definition) is 1. The molecule has 0 spiro atoms. The summed E-state index contributed by atoms with van der Waals surface area (Å²) in [6, 6.07) is 27.5. The Morgan fingerprint density at radius 3 is 2.50 bits per heavy atom. The molecule has 1 aromatic heterocycles. The monoisotopic (exact) mass is 420 g/mol. The Bertz CT molecular complexity index is 1440. The minimum atomic E-state index is -0.383. The van der Waals surface area contributed by atoms with Gasteiger partial charge in [0.25, 0.3) is 0 Å². The lowest BCUT2D eigenvalue weighted by atomic mass is 10.0. The van der Waals surface area contributed by atoms with Crippen molar-refractivity contribution in [2.24, 2.45) is 5.73 Å². The third-order valence-corrected chi connectivity index (χ3v) is 6.50. The number of aryl methyl sites for hydroxylation is 1. The molecule has 1 heterocycles. The molecule has 0 bridgehead atoms. The van der Waals surface area contributed by atoms with E-state index in [4.69, 9.17) is 5.73 Å². The van der Waals surface area contributed by atoms with E-state index in [2.05, 4.69) is 78.2 Å². The van der Waals surface area contributed by atoms with Gasteiger partial charge in [-0.1, -0.05) is 80.4 Å². The van der Waals surface area contributed by atoms with Crippen LogP contribution in [-0.4, -0.2) is 10.5 Å². The van der Waals surface area contributed by atoms with Gasteiger partial charge in [-0.3, -0.25) is 4.79 Å². The number of nitrogens with two attached hydrogens (primary N) is 1. The number of carbonyl (C=O) groups is 1. The van der Waals surface area contributed by atoms with Gasteiger partial charge in [-0.25, -0.2) is 0 Å². The summed E-state index contributed by atoms with van der Waals surface area (Å²) in [5, 5.41) is 4.54. The molecule has 2 N–H and O–H groups in total. The fourth-order valence-electron chi connectivity index (χ4n) is 4.90. The van der Waals surface area contributed by atoms with E-state index < -0.39 is 0 Å². The number of rotatable bonds is 7. The molecular formula is C29H28N2O. The Morgan fingerprint density at radius 2 is 1.66 bits per heavy atom. The second-order valence-electron chi connectivity index (χ2n) is 8.60. The van der Waals surface area contributed by atoms with Crippen molar-refractivity contribution < 1.29 is 4.79 Å². The molecule has 3 heteroatoms. The molecule has 1 amide bonds. The summed E-state index contributed by atoms with van der Waals surface area (Å²) in [6.07, 6.45) is 4.72. The van der Waals surface area contributed by atoms with Crippen LogP contribution in [0.15, 0.2) is 78.9 Å². The molecule has 3 nitrogen and oxygen atoms in total. The quantitative estimate of drug-likeness (QED) is 0.288. The van der Waals surface area contributed by atoms with Crippen molar-refractivity contribution >= 4 is 38.5 Å². The molecule has 0 saturated carbocycles. The molecule has 32 heavy (non-hydrogen) atoms. The van der Waals surface area contributed by atoms with Crippen LogP contribution in [0.2, 0.25) is 0 Å². The van der Waals surface area contributed by atoms with E-state index in [1.807, 2.05) is 12.1 Å². The molecule has 0 atom stereocenters. The highest BCUT2D eigenvalue weighted by Crippen LogP contribution is 2.34. The van der Waals surface area contributed by atoms with E-state index in [1.54, 1.807) is 0 Å².